The van der Waals surface area contributed by atoms with Crippen LogP contribution in [0.1, 0.15) is 91.2 Å². The van der Waals surface area contributed by atoms with Gasteiger partial charge in [-0.2, -0.15) is 0 Å². The van der Waals surface area contributed by atoms with Crippen molar-refractivity contribution >= 4 is 82.7 Å². The molecule has 6 aromatic rings. The number of nitrogens with two attached hydrogens (primary N) is 1. The number of fused-ring (bicyclic) bond motifs is 6. The number of nitrogen functional groups attached to an aromatic ring is 1. The number of aryl methyl sites for hydroxylation is 3. The first-order chi connectivity index (χ1) is 35.4. The van der Waals surface area contributed by atoms with Crippen molar-refractivity contribution in [2.24, 2.45) is 0 Å². The zero-order chi connectivity index (χ0) is 50.0. The highest BCUT2D eigenvalue weighted by Gasteiger charge is 2.37. The number of aromatic nitrogens is 4. The van der Waals surface area contributed by atoms with Crippen molar-refractivity contribution < 1.29 is 35.6 Å². The zero-order valence-electron chi connectivity index (χ0n) is 40.3. The molecule has 0 bridgehead atoms. The minimum absolute atomic E-state index is 0.167. The summed E-state index contributed by atoms with van der Waals surface area (Å²) in [4.78, 5) is 16.1. The number of imidazole rings is 1. The summed E-state index contributed by atoms with van der Waals surface area (Å²) in [5, 5.41) is 6.27. The van der Waals surface area contributed by atoms with Gasteiger partial charge < -0.3 is 39.3 Å². The van der Waals surface area contributed by atoms with Gasteiger partial charge in [-0.15, -0.1) is 0 Å². The predicted molar refractivity (Wildman–Crippen MR) is 285 cm³/mol. The van der Waals surface area contributed by atoms with Crippen LogP contribution in [0.2, 0.25) is 0 Å². The van der Waals surface area contributed by atoms with E-state index >= 15 is 0 Å². The maximum absolute atomic E-state index is 13.9. The van der Waals surface area contributed by atoms with Crippen molar-refractivity contribution in [3.8, 4) is 23.0 Å². The first kappa shape index (κ1) is 48.9. The second-order valence-corrected chi connectivity index (χ2v) is 24.9. The summed E-state index contributed by atoms with van der Waals surface area (Å²) < 4.78 is 94.5. The maximum Gasteiger partial charge on any atom is 0.240 e. The minimum Gasteiger partial charge on any atom is -0.744 e. The SMILES string of the molecule is Nc1ncnc2c1nc(Sc1cc3c(cc1I)OCO3)n2CCCNCCCCCCNS(=O)(=O)c1ccc(C2=c3cc4c5c(c3Oc3c2cc2c6c3CCCN6CCC2)CCC[N+]=5CCC4)c(S(=O)(=O)[O-])c1. The number of nitrogens with zero attached hydrogens (tertiary/aromatic N) is 6. The van der Waals surface area contributed by atoms with Crippen molar-refractivity contribution in [1.29, 1.82) is 0 Å². The summed E-state index contributed by atoms with van der Waals surface area (Å²) in [6, 6.07) is 12.2. The fraction of sp³-hybridized carbons (Fsp3) is 0.423. The molecule has 73 heavy (non-hydrogen) atoms. The number of ether oxygens (including phenoxy) is 3. The van der Waals surface area contributed by atoms with Crippen molar-refractivity contribution in [3.05, 3.63) is 96.3 Å². The summed E-state index contributed by atoms with van der Waals surface area (Å²) in [5.41, 5.74) is 14.9. The second-order valence-electron chi connectivity index (χ2n) is 19.6. The van der Waals surface area contributed by atoms with Crippen molar-refractivity contribution in [2.75, 3.05) is 63.2 Å². The monoisotopic (exact) mass is 1160 g/mol. The third-order valence-electron chi connectivity index (χ3n) is 15.0. The number of anilines is 2. The quantitative estimate of drug-likeness (QED) is 0.0428. The van der Waals surface area contributed by atoms with Crippen LogP contribution in [-0.4, -0.2) is 93.5 Å². The normalized spacial score (nSPS) is 16.5. The minimum atomic E-state index is -5.16. The Labute approximate surface area is 442 Å². The van der Waals surface area contributed by atoms with Gasteiger partial charge >= 0.3 is 0 Å². The van der Waals surface area contributed by atoms with Crippen LogP contribution in [0.4, 0.5) is 11.5 Å². The van der Waals surface area contributed by atoms with Crippen molar-refractivity contribution in [1.82, 2.24) is 34.1 Å². The lowest BCUT2D eigenvalue weighted by Gasteiger charge is -2.39. The highest BCUT2D eigenvalue weighted by atomic mass is 127. The number of halogens is 1. The lowest BCUT2D eigenvalue weighted by atomic mass is 9.82. The molecule has 0 fully saturated rings. The van der Waals surface area contributed by atoms with Crippen molar-refractivity contribution in [3.63, 3.8) is 0 Å². The molecule has 12 rings (SSSR count). The molecule has 0 atom stereocenters. The summed E-state index contributed by atoms with van der Waals surface area (Å²) in [5.74, 6) is 3.20. The standard InChI is InChI=1S/C52H56IN9O8S3/c53-39-27-40-41(69-30-68-40)28-42(39)71-52-59-45-50(54)56-29-57-51(45)62(52)23-9-17-55-16-3-1-2-4-18-58-72(63,64)33-14-15-34(43(26-33)73(65,66)67)44-37-24-31-10-5-19-60-21-7-12-35(46(31)60)48(37)70-49-36-13-8-22-61-20-6-11-32(47(36)61)25-38(44)49/h14-15,24-29,55,58H,1-13,16-23,30H2,(H2-,54,56,57,65,66,67). The molecule has 0 aliphatic carbocycles. The van der Waals surface area contributed by atoms with Gasteiger partial charge in [0.15, 0.2) is 33.6 Å². The Bertz CT molecular complexity index is 3600. The topological polar surface area (TPSA) is 219 Å². The molecule has 0 unspecified atom stereocenters. The Morgan fingerprint density at radius 2 is 1.56 bits per heavy atom. The van der Waals surface area contributed by atoms with E-state index in [4.69, 9.17) is 24.9 Å². The van der Waals surface area contributed by atoms with Crippen LogP contribution in [-0.2, 0) is 52.4 Å². The average Bonchev–Trinajstić information content (AvgIpc) is 3.99. The number of hydrogen-bond acceptors (Lipinski definition) is 15. The second kappa shape index (κ2) is 19.9. The largest absolute Gasteiger partial charge is 0.744 e. The molecule has 0 saturated carbocycles. The lowest BCUT2D eigenvalue weighted by Crippen LogP contribution is -2.45. The van der Waals surface area contributed by atoms with Crippen LogP contribution < -0.4 is 50.0 Å². The molecular formula is C52H56IN9O8S3. The van der Waals surface area contributed by atoms with Gasteiger partial charge in [-0.05, 0) is 135 Å². The fourth-order valence-corrected chi connectivity index (χ4v) is 15.3. The van der Waals surface area contributed by atoms with Crippen LogP contribution in [0.3, 0.4) is 0 Å². The van der Waals surface area contributed by atoms with Gasteiger partial charge in [0, 0.05) is 86.2 Å². The Morgan fingerprint density at radius 3 is 2.40 bits per heavy atom. The molecule has 17 nitrogen and oxygen atoms in total. The van der Waals surface area contributed by atoms with Gasteiger partial charge in [0.05, 0.1) is 15.4 Å². The first-order valence-electron chi connectivity index (χ1n) is 25.4. The number of hydrogen-bond donors (Lipinski definition) is 3. The summed E-state index contributed by atoms with van der Waals surface area (Å²) in [6.07, 6.45) is 12.8. The predicted octanol–water partition coefficient (Wildman–Crippen LogP) is 5.75. The van der Waals surface area contributed by atoms with E-state index in [1.807, 2.05) is 12.1 Å². The van der Waals surface area contributed by atoms with Gasteiger partial charge in [-0.25, -0.2) is 41.1 Å². The molecule has 0 amide bonds. The number of sulfonamides is 1. The molecule has 2 aromatic heterocycles. The number of unbranched alkanes of at least 4 members (excludes halogenated alkanes) is 3. The number of rotatable bonds is 17. The molecular weight excluding hydrogens is 1100 g/mol. The maximum atomic E-state index is 13.9. The number of nitrogens with one attached hydrogen (secondary N) is 2. The van der Waals surface area contributed by atoms with Crippen molar-refractivity contribution in [2.45, 2.75) is 110 Å². The highest BCUT2D eigenvalue weighted by molar-refractivity contribution is 14.1. The number of benzene rings is 4. The van der Waals surface area contributed by atoms with E-state index in [0.29, 0.717) is 41.3 Å². The van der Waals surface area contributed by atoms with Crippen LogP contribution in [0.15, 0.2) is 68.6 Å². The van der Waals surface area contributed by atoms with E-state index in [2.05, 4.69) is 68.8 Å². The summed E-state index contributed by atoms with van der Waals surface area (Å²) >= 11 is 3.80. The molecule has 4 aromatic carbocycles. The third-order valence-corrected chi connectivity index (χ3v) is 19.6. The zero-order valence-corrected chi connectivity index (χ0v) is 44.9. The Kier molecular flexibility index (Phi) is 13.3. The first-order valence-corrected chi connectivity index (χ1v) is 30.2. The lowest BCUT2D eigenvalue weighted by molar-refractivity contribution is 0.174. The molecule has 6 aliphatic heterocycles. The molecule has 0 radical (unpaired) electrons. The third kappa shape index (κ3) is 9.23. The van der Waals surface area contributed by atoms with Gasteiger partial charge in [-0.3, -0.25) is 0 Å². The fourth-order valence-electron chi connectivity index (χ4n) is 11.7. The van der Waals surface area contributed by atoms with Gasteiger partial charge in [-0.1, -0.05) is 30.7 Å². The van der Waals surface area contributed by atoms with Gasteiger partial charge in [0.1, 0.15) is 41.0 Å². The molecule has 21 heteroatoms. The van der Waals surface area contributed by atoms with E-state index in [0.717, 1.165) is 175 Å². The molecule has 382 valence electrons. The van der Waals surface area contributed by atoms with E-state index < -0.39 is 25.0 Å². The van der Waals surface area contributed by atoms with E-state index in [-0.39, 0.29) is 23.8 Å². The van der Waals surface area contributed by atoms with Crippen LogP contribution >= 0.6 is 34.4 Å². The van der Waals surface area contributed by atoms with Crippen LogP contribution in [0.5, 0.6) is 23.0 Å². The molecule has 8 heterocycles. The van der Waals surface area contributed by atoms with Gasteiger partial charge in [0.25, 0.3) is 0 Å². The van der Waals surface area contributed by atoms with Crippen LogP contribution in [0.25, 0.3) is 16.7 Å². The van der Waals surface area contributed by atoms with E-state index in [1.54, 1.807) is 0 Å². The van der Waals surface area contributed by atoms with E-state index in [9.17, 15) is 21.4 Å². The molecule has 6 aliphatic rings. The summed E-state index contributed by atoms with van der Waals surface area (Å²) in [6.45, 7) is 6.51. The Morgan fingerprint density at radius 1 is 0.808 bits per heavy atom. The van der Waals surface area contributed by atoms with Gasteiger partial charge in [0.2, 0.25) is 22.2 Å². The molecule has 4 N–H and O–H groups in total. The smallest absolute Gasteiger partial charge is 0.240 e. The molecule has 0 spiro atoms. The average molecular weight is 1160 g/mol. The molecule has 0 saturated heterocycles. The highest BCUT2D eigenvalue weighted by Crippen LogP contribution is 2.49. The van der Waals surface area contributed by atoms with E-state index in [1.165, 1.54) is 52.4 Å². The Balaban J connectivity index is 0.710. The Hall–Kier alpha value is -5.04. The van der Waals surface area contributed by atoms with Crippen LogP contribution in [0, 0.1) is 3.57 Å². The summed E-state index contributed by atoms with van der Waals surface area (Å²) in [7, 11) is -9.33.